The zero-order valence-electron chi connectivity index (χ0n) is 12.8. The van der Waals surface area contributed by atoms with Gasteiger partial charge in [-0.3, -0.25) is 9.69 Å². The molecule has 1 fully saturated rings. The van der Waals surface area contributed by atoms with Crippen molar-refractivity contribution >= 4 is 22.9 Å². The molecule has 1 atom stereocenters. The lowest BCUT2D eigenvalue weighted by Gasteiger charge is -2.35. The number of nitrogens with one attached hydrogen (secondary N) is 1. The number of thiophene rings is 1. The summed E-state index contributed by atoms with van der Waals surface area (Å²) in [6.07, 6.45) is 3.49. The quantitative estimate of drug-likeness (QED) is 0.924. The van der Waals surface area contributed by atoms with E-state index in [1.54, 1.807) is 18.2 Å². The average molecular weight is 330 g/mol. The highest BCUT2D eigenvalue weighted by atomic mass is 32.1. The number of anilines is 1. The molecular weight excluding hydrogens is 311 g/mol. The van der Waals surface area contributed by atoms with Crippen LogP contribution in [0.4, 0.5) is 10.1 Å². The largest absolute Gasteiger partial charge is 0.322 e. The lowest BCUT2D eigenvalue weighted by atomic mass is 9.96. The van der Waals surface area contributed by atoms with E-state index in [-0.39, 0.29) is 11.6 Å². The fourth-order valence-corrected chi connectivity index (χ4v) is 4.39. The molecule has 3 nitrogen and oxygen atoms in total. The van der Waals surface area contributed by atoms with E-state index in [4.69, 9.17) is 0 Å². The summed E-state index contributed by atoms with van der Waals surface area (Å²) in [6, 6.07) is 8.88. The second-order valence-corrected chi connectivity index (χ2v) is 7.33. The molecule has 120 valence electrons. The lowest BCUT2D eigenvalue weighted by molar-refractivity contribution is -0.118. The first kappa shape index (κ1) is 14.8. The molecule has 1 amide bonds. The third kappa shape index (κ3) is 3.03. The van der Waals surface area contributed by atoms with Gasteiger partial charge in [-0.05, 0) is 54.3 Å². The summed E-state index contributed by atoms with van der Waals surface area (Å²) in [4.78, 5) is 16.1. The summed E-state index contributed by atoms with van der Waals surface area (Å²) in [6.45, 7) is 1.23. The fourth-order valence-electron chi connectivity index (χ4n) is 3.48. The van der Waals surface area contributed by atoms with Crippen LogP contribution in [0.25, 0.3) is 0 Å². The van der Waals surface area contributed by atoms with Crippen LogP contribution in [0.5, 0.6) is 0 Å². The Bertz CT molecular complexity index is 725. The summed E-state index contributed by atoms with van der Waals surface area (Å²) in [7, 11) is 0. The van der Waals surface area contributed by atoms with Crippen LogP contribution in [0.3, 0.4) is 0 Å². The van der Waals surface area contributed by atoms with Gasteiger partial charge in [0.15, 0.2) is 0 Å². The highest BCUT2D eigenvalue weighted by Gasteiger charge is 2.40. The maximum Gasteiger partial charge on any atom is 0.238 e. The highest BCUT2D eigenvalue weighted by Crippen LogP contribution is 2.48. The molecule has 1 aromatic carbocycles. The monoisotopic (exact) mass is 330 g/mol. The predicted octanol–water partition coefficient (Wildman–Crippen LogP) is 3.84. The van der Waals surface area contributed by atoms with E-state index in [1.807, 2.05) is 11.3 Å². The molecule has 0 spiro atoms. The number of nitrogens with zero attached hydrogens (tertiary/aromatic N) is 1. The van der Waals surface area contributed by atoms with E-state index in [1.165, 1.54) is 29.3 Å². The van der Waals surface area contributed by atoms with Gasteiger partial charge in [-0.1, -0.05) is 12.1 Å². The molecule has 1 aromatic heterocycles. The Morgan fingerprint density at radius 2 is 2.13 bits per heavy atom. The Morgan fingerprint density at radius 3 is 2.91 bits per heavy atom. The molecule has 2 aliphatic rings. The van der Waals surface area contributed by atoms with Gasteiger partial charge < -0.3 is 5.32 Å². The van der Waals surface area contributed by atoms with Gasteiger partial charge in [-0.15, -0.1) is 11.3 Å². The number of carbonyl (C=O) groups excluding carboxylic acids is 1. The minimum absolute atomic E-state index is 0.139. The van der Waals surface area contributed by atoms with Gasteiger partial charge in [0, 0.05) is 17.5 Å². The summed E-state index contributed by atoms with van der Waals surface area (Å²) >= 11 is 1.82. The Morgan fingerprint density at radius 1 is 1.30 bits per heavy atom. The summed E-state index contributed by atoms with van der Waals surface area (Å²) < 4.78 is 13.7. The van der Waals surface area contributed by atoms with E-state index in [0.717, 1.165) is 13.0 Å². The Balaban J connectivity index is 1.48. The standard InChI is InChI=1S/C18H19FN2OS/c19-14-3-1-2-4-15(14)20-17(22)11-21-9-7-16-13(8-10-23-16)18(21)12-5-6-12/h1-4,8,10,12,18H,5-7,9,11H2,(H,20,22)/t18-/m0/s1. The van der Waals surface area contributed by atoms with Crippen molar-refractivity contribution in [3.05, 3.63) is 52.0 Å². The summed E-state index contributed by atoms with van der Waals surface area (Å²) in [5, 5.41) is 4.86. The zero-order valence-corrected chi connectivity index (χ0v) is 13.6. The first-order valence-electron chi connectivity index (χ1n) is 8.07. The molecule has 0 unspecified atom stereocenters. The number of benzene rings is 1. The second-order valence-electron chi connectivity index (χ2n) is 6.33. The van der Waals surface area contributed by atoms with Crippen molar-refractivity contribution in [2.75, 3.05) is 18.4 Å². The number of fused-ring (bicyclic) bond motifs is 1. The molecule has 1 aliphatic heterocycles. The molecule has 1 aliphatic carbocycles. The van der Waals surface area contributed by atoms with Crippen molar-refractivity contribution in [2.24, 2.45) is 5.92 Å². The Kier molecular flexibility index (Phi) is 3.91. The number of rotatable bonds is 4. The summed E-state index contributed by atoms with van der Waals surface area (Å²) in [5.74, 6) is 0.141. The van der Waals surface area contributed by atoms with E-state index >= 15 is 0 Å². The van der Waals surface area contributed by atoms with Crippen LogP contribution in [-0.2, 0) is 11.2 Å². The maximum atomic E-state index is 13.7. The normalized spacial score (nSPS) is 21.0. The zero-order chi connectivity index (χ0) is 15.8. The number of hydrogen-bond acceptors (Lipinski definition) is 3. The van der Waals surface area contributed by atoms with E-state index < -0.39 is 5.82 Å². The molecule has 1 N–H and O–H groups in total. The third-order valence-corrected chi connectivity index (χ3v) is 5.68. The van der Waals surface area contributed by atoms with Gasteiger partial charge in [-0.2, -0.15) is 0 Å². The SMILES string of the molecule is O=C(CN1CCc2sccc2[C@@H]1C1CC1)Nc1ccccc1F. The maximum absolute atomic E-state index is 13.7. The fraction of sp³-hybridized carbons (Fsp3) is 0.389. The number of carbonyl (C=O) groups is 1. The van der Waals surface area contributed by atoms with Crippen LogP contribution in [0, 0.1) is 11.7 Å². The van der Waals surface area contributed by atoms with E-state index in [9.17, 15) is 9.18 Å². The molecule has 4 rings (SSSR count). The van der Waals surface area contributed by atoms with Crippen LogP contribution in [-0.4, -0.2) is 23.9 Å². The summed E-state index contributed by atoms with van der Waals surface area (Å²) in [5.41, 5.74) is 1.66. The topological polar surface area (TPSA) is 32.3 Å². The van der Waals surface area contributed by atoms with Crippen LogP contribution in [0.1, 0.15) is 29.3 Å². The van der Waals surface area contributed by atoms with Crippen molar-refractivity contribution in [1.82, 2.24) is 4.90 Å². The van der Waals surface area contributed by atoms with Gasteiger partial charge in [0.05, 0.1) is 12.2 Å². The Hall–Kier alpha value is -1.72. The molecule has 0 bridgehead atoms. The predicted molar refractivity (Wildman–Crippen MR) is 90.1 cm³/mol. The van der Waals surface area contributed by atoms with Crippen LogP contribution < -0.4 is 5.32 Å². The number of hydrogen-bond donors (Lipinski definition) is 1. The molecule has 1 saturated carbocycles. The van der Waals surface area contributed by atoms with E-state index in [2.05, 4.69) is 21.7 Å². The molecule has 2 aromatic rings. The minimum atomic E-state index is -0.390. The van der Waals surface area contributed by atoms with E-state index in [0.29, 0.717) is 18.5 Å². The first-order chi connectivity index (χ1) is 11.2. The smallest absolute Gasteiger partial charge is 0.238 e. The lowest BCUT2D eigenvalue weighted by Crippen LogP contribution is -2.41. The van der Waals surface area contributed by atoms with Crippen molar-refractivity contribution in [2.45, 2.75) is 25.3 Å². The first-order valence-corrected chi connectivity index (χ1v) is 8.95. The van der Waals surface area contributed by atoms with Gasteiger partial charge in [-0.25, -0.2) is 4.39 Å². The van der Waals surface area contributed by atoms with Crippen molar-refractivity contribution < 1.29 is 9.18 Å². The number of halogens is 1. The van der Waals surface area contributed by atoms with Crippen LogP contribution in [0.2, 0.25) is 0 Å². The molecule has 0 saturated heterocycles. The second kappa shape index (κ2) is 6.06. The van der Waals surface area contributed by atoms with Crippen LogP contribution in [0.15, 0.2) is 35.7 Å². The van der Waals surface area contributed by atoms with Gasteiger partial charge in [0.2, 0.25) is 5.91 Å². The van der Waals surface area contributed by atoms with Crippen LogP contribution >= 0.6 is 11.3 Å². The van der Waals surface area contributed by atoms with Crippen molar-refractivity contribution in [3.8, 4) is 0 Å². The average Bonchev–Trinajstić information content (AvgIpc) is 3.26. The third-order valence-electron chi connectivity index (χ3n) is 4.68. The molecule has 23 heavy (non-hydrogen) atoms. The molecule has 5 heteroatoms. The van der Waals surface area contributed by atoms with Gasteiger partial charge in [0.25, 0.3) is 0 Å². The van der Waals surface area contributed by atoms with Crippen molar-refractivity contribution in [1.29, 1.82) is 0 Å². The van der Waals surface area contributed by atoms with Gasteiger partial charge >= 0.3 is 0 Å². The highest BCUT2D eigenvalue weighted by molar-refractivity contribution is 7.10. The number of amides is 1. The Labute approximate surface area is 139 Å². The molecular formula is C18H19FN2OS. The number of para-hydroxylation sites is 1. The van der Waals surface area contributed by atoms with Gasteiger partial charge in [0.1, 0.15) is 5.82 Å². The minimum Gasteiger partial charge on any atom is -0.322 e. The molecule has 0 radical (unpaired) electrons. The molecule has 2 heterocycles. The van der Waals surface area contributed by atoms with Crippen molar-refractivity contribution in [3.63, 3.8) is 0 Å².